The van der Waals surface area contributed by atoms with Crippen LogP contribution in [0.5, 0.6) is 0 Å². The molecule has 78 valence electrons. The van der Waals surface area contributed by atoms with Crippen molar-refractivity contribution in [1.82, 2.24) is 4.90 Å². The first-order chi connectivity index (χ1) is 6.00. The molecular weight excluding hydrogens is 186 g/mol. The van der Waals surface area contributed by atoms with Gasteiger partial charge in [-0.2, -0.15) is 0 Å². The molecule has 0 amide bonds. The number of ether oxygens (including phenoxy) is 1. The Labute approximate surface area is 86.2 Å². The molecule has 2 nitrogen and oxygen atoms in total. The van der Waals surface area contributed by atoms with Gasteiger partial charge in [-0.1, -0.05) is 20.8 Å². The zero-order chi connectivity index (χ0) is 9.90. The summed E-state index contributed by atoms with van der Waals surface area (Å²) in [6, 6.07) is 0. The fraction of sp³-hybridized carbons (Fsp3) is 1.00. The Morgan fingerprint density at radius 2 is 1.85 bits per heavy atom. The highest BCUT2D eigenvalue weighted by Gasteiger charge is 2.25. The van der Waals surface area contributed by atoms with Crippen LogP contribution in [0.15, 0.2) is 0 Å². The van der Waals surface area contributed by atoms with Crippen LogP contribution in [0.1, 0.15) is 20.8 Å². The minimum atomic E-state index is 0.194. The van der Waals surface area contributed by atoms with Crippen molar-refractivity contribution in [2.45, 2.75) is 26.1 Å². The topological polar surface area (TPSA) is 12.5 Å². The highest BCUT2D eigenvalue weighted by molar-refractivity contribution is 6.21. The van der Waals surface area contributed by atoms with Gasteiger partial charge in [0.25, 0.3) is 0 Å². The van der Waals surface area contributed by atoms with Crippen molar-refractivity contribution in [3.8, 4) is 0 Å². The van der Waals surface area contributed by atoms with Gasteiger partial charge >= 0.3 is 0 Å². The number of nitrogens with zero attached hydrogens (tertiary/aromatic N) is 1. The number of halogens is 1. The smallest absolute Gasteiger partial charge is 0.0594 e. The van der Waals surface area contributed by atoms with Crippen LogP contribution in [-0.2, 0) is 4.74 Å². The van der Waals surface area contributed by atoms with Gasteiger partial charge in [-0.15, -0.1) is 11.6 Å². The van der Waals surface area contributed by atoms with E-state index in [1.54, 1.807) is 0 Å². The molecule has 1 saturated heterocycles. The van der Waals surface area contributed by atoms with E-state index in [2.05, 4.69) is 25.7 Å². The molecule has 0 spiro atoms. The molecule has 0 bridgehead atoms. The zero-order valence-electron chi connectivity index (χ0n) is 8.85. The lowest BCUT2D eigenvalue weighted by Gasteiger charge is -2.33. The number of alkyl halides is 1. The lowest BCUT2D eigenvalue weighted by molar-refractivity contribution is 0.0341. The summed E-state index contributed by atoms with van der Waals surface area (Å²) in [4.78, 5) is 2.38. The Hall–Kier alpha value is 0.210. The molecule has 0 radical (unpaired) electrons. The molecule has 1 heterocycles. The summed E-state index contributed by atoms with van der Waals surface area (Å²) in [5.41, 5.74) is 0.194. The van der Waals surface area contributed by atoms with Gasteiger partial charge < -0.3 is 4.74 Å². The fourth-order valence-electron chi connectivity index (χ4n) is 1.28. The van der Waals surface area contributed by atoms with Crippen LogP contribution in [0.4, 0.5) is 0 Å². The van der Waals surface area contributed by atoms with Gasteiger partial charge in [0.2, 0.25) is 0 Å². The SMILES string of the molecule is CC(C)(C)C(Cl)CN1CCOCC1. The van der Waals surface area contributed by atoms with Crippen LogP contribution in [0, 0.1) is 5.41 Å². The lowest BCUT2D eigenvalue weighted by Crippen LogP contribution is -2.42. The van der Waals surface area contributed by atoms with Gasteiger partial charge in [0.15, 0.2) is 0 Å². The van der Waals surface area contributed by atoms with E-state index < -0.39 is 0 Å². The normalized spacial score (nSPS) is 23.1. The maximum Gasteiger partial charge on any atom is 0.0594 e. The fourth-order valence-corrected chi connectivity index (χ4v) is 1.48. The second-order valence-corrected chi connectivity index (χ2v) is 5.27. The van der Waals surface area contributed by atoms with Gasteiger partial charge in [-0.05, 0) is 5.41 Å². The molecule has 1 rings (SSSR count). The third-order valence-corrected chi connectivity index (χ3v) is 3.25. The summed E-state index contributed by atoms with van der Waals surface area (Å²) in [5, 5.41) is 0.227. The molecule has 0 N–H and O–H groups in total. The van der Waals surface area contributed by atoms with Crippen molar-refractivity contribution < 1.29 is 4.74 Å². The highest BCUT2D eigenvalue weighted by atomic mass is 35.5. The number of morpholine rings is 1. The van der Waals surface area contributed by atoms with Gasteiger partial charge in [0, 0.05) is 19.6 Å². The van der Waals surface area contributed by atoms with Crippen LogP contribution in [0.25, 0.3) is 0 Å². The summed E-state index contributed by atoms with van der Waals surface area (Å²) in [5.74, 6) is 0. The van der Waals surface area contributed by atoms with E-state index >= 15 is 0 Å². The Balaban J connectivity index is 2.30. The third-order valence-electron chi connectivity index (χ3n) is 2.46. The number of hydrogen-bond donors (Lipinski definition) is 0. The maximum atomic E-state index is 6.31. The van der Waals surface area contributed by atoms with E-state index in [-0.39, 0.29) is 10.8 Å². The average Bonchev–Trinajstić information content (AvgIpc) is 2.04. The van der Waals surface area contributed by atoms with E-state index in [9.17, 15) is 0 Å². The molecular formula is C10H20ClNO. The van der Waals surface area contributed by atoms with Crippen LogP contribution >= 0.6 is 11.6 Å². The minimum absolute atomic E-state index is 0.194. The second kappa shape index (κ2) is 4.63. The van der Waals surface area contributed by atoms with Crippen molar-refractivity contribution >= 4 is 11.6 Å². The monoisotopic (exact) mass is 205 g/mol. The average molecular weight is 206 g/mol. The van der Waals surface area contributed by atoms with Gasteiger partial charge in [-0.25, -0.2) is 0 Å². The molecule has 1 fully saturated rings. The molecule has 1 aliphatic rings. The highest BCUT2D eigenvalue weighted by Crippen LogP contribution is 2.25. The predicted octanol–water partition coefficient (Wildman–Crippen LogP) is 1.97. The summed E-state index contributed by atoms with van der Waals surface area (Å²) in [7, 11) is 0. The van der Waals surface area contributed by atoms with Gasteiger partial charge in [0.05, 0.1) is 18.6 Å². The van der Waals surface area contributed by atoms with Crippen molar-refractivity contribution in [2.75, 3.05) is 32.8 Å². The molecule has 0 aromatic heterocycles. The summed E-state index contributed by atoms with van der Waals surface area (Å²) < 4.78 is 5.28. The zero-order valence-corrected chi connectivity index (χ0v) is 9.60. The molecule has 1 atom stereocenters. The number of hydrogen-bond acceptors (Lipinski definition) is 2. The van der Waals surface area contributed by atoms with Crippen LogP contribution in [-0.4, -0.2) is 43.1 Å². The lowest BCUT2D eigenvalue weighted by atomic mass is 9.91. The van der Waals surface area contributed by atoms with E-state index in [0.29, 0.717) is 0 Å². The Morgan fingerprint density at radius 3 is 2.31 bits per heavy atom. The summed E-state index contributed by atoms with van der Waals surface area (Å²) in [6.07, 6.45) is 0. The van der Waals surface area contributed by atoms with E-state index in [0.717, 1.165) is 32.8 Å². The van der Waals surface area contributed by atoms with Crippen molar-refractivity contribution in [1.29, 1.82) is 0 Å². The van der Waals surface area contributed by atoms with Crippen molar-refractivity contribution in [2.24, 2.45) is 5.41 Å². The minimum Gasteiger partial charge on any atom is -0.379 e. The third kappa shape index (κ3) is 3.84. The molecule has 13 heavy (non-hydrogen) atoms. The molecule has 0 saturated carbocycles. The van der Waals surface area contributed by atoms with E-state index in [4.69, 9.17) is 16.3 Å². The van der Waals surface area contributed by atoms with Crippen molar-refractivity contribution in [3.05, 3.63) is 0 Å². The van der Waals surface area contributed by atoms with Crippen LogP contribution in [0.2, 0.25) is 0 Å². The van der Waals surface area contributed by atoms with Crippen LogP contribution < -0.4 is 0 Å². The van der Waals surface area contributed by atoms with Crippen LogP contribution in [0.3, 0.4) is 0 Å². The second-order valence-electron chi connectivity index (χ2n) is 4.75. The van der Waals surface area contributed by atoms with Gasteiger partial charge in [-0.3, -0.25) is 4.90 Å². The number of rotatable bonds is 2. The quantitative estimate of drug-likeness (QED) is 0.640. The Kier molecular flexibility index (Phi) is 4.02. The van der Waals surface area contributed by atoms with E-state index in [1.807, 2.05) is 0 Å². The Morgan fingerprint density at radius 1 is 1.31 bits per heavy atom. The molecule has 0 aromatic rings. The molecule has 3 heteroatoms. The molecule has 1 unspecified atom stereocenters. The molecule has 1 aliphatic heterocycles. The predicted molar refractivity (Wildman–Crippen MR) is 56.4 cm³/mol. The molecule has 0 aromatic carbocycles. The first-order valence-corrected chi connectivity index (χ1v) is 5.38. The van der Waals surface area contributed by atoms with E-state index in [1.165, 1.54) is 0 Å². The largest absolute Gasteiger partial charge is 0.379 e. The van der Waals surface area contributed by atoms with Crippen molar-refractivity contribution in [3.63, 3.8) is 0 Å². The standard InChI is InChI=1S/C10H20ClNO/c1-10(2,3)9(11)8-12-4-6-13-7-5-12/h9H,4-8H2,1-3H3. The maximum absolute atomic E-state index is 6.31. The first-order valence-electron chi connectivity index (χ1n) is 4.94. The Bertz CT molecular complexity index is 149. The summed E-state index contributed by atoms with van der Waals surface area (Å²) >= 11 is 6.31. The first kappa shape index (κ1) is 11.3. The molecule has 0 aliphatic carbocycles. The van der Waals surface area contributed by atoms with Gasteiger partial charge in [0.1, 0.15) is 0 Å². The summed E-state index contributed by atoms with van der Waals surface area (Å²) in [6.45, 7) is 11.3.